The topological polar surface area (TPSA) is 36.7 Å². The largest absolute Gasteiger partial charge is 0.349 e. The SMILES string of the molecule is CN(C)C(=NCCc1ccn(-c2ccccc2)n1)N(C)C. The maximum absolute atomic E-state index is 4.62. The summed E-state index contributed by atoms with van der Waals surface area (Å²) in [5.41, 5.74) is 2.13. The highest BCUT2D eigenvalue weighted by molar-refractivity contribution is 5.79. The number of nitrogens with zero attached hydrogens (tertiary/aromatic N) is 5. The highest BCUT2D eigenvalue weighted by Crippen LogP contribution is 2.07. The predicted octanol–water partition coefficient (Wildman–Crippen LogP) is 1.89. The number of aromatic nitrogens is 2. The van der Waals surface area contributed by atoms with Gasteiger partial charge in [0.05, 0.1) is 11.4 Å². The Bertz CT molecular complexity index is 574. The average Bonchev–Trinajstić information content (AvgIpc) is 2.92. The third kappa shape index (κ3) is 4.08. The summed E-state index contributed by atoms with van der Waals surface area (Å²) in [5, 5.41) is 4.59. The molecule has 0 spiro atoms. The van der Waals surface area contributed by atoms with E-state index in [1.807, 2.05) is 85.3 Å². The van der Waals surface area contributed by atoms with E-state index in [0.29, 0.717) is 0 Å². The van der Waals surface area contributed by atoms with E-state index in [1.165, 1.54) is 0 Å². The molecule has 0 saturated heterocycles. The van der Waals surface area contributed by atoms with E-state index in [-0.39, 0.29) is 0 Å². The highest BCUT2D eigenvalue weighted by Gasteiger charge is 2.04. The van der Waals surface area contributed by atoms with Gasteiger partial charge in [-0.05, 0) is 18.2 Å². The van der Waals surface area contributed by atoms with Crippen LogP contribution in [0, 0.1) is 0 Å². The summed E-state index contributed by atoms with van der Waals surface area (Å²) < 4.78 is 1.90. The molecule has 1 aromatic carbocycles. The van der Waals surface area contributed by atoms with Gasteiger partial charge >= 0.3 is 0 Å². The molecule has 5 heteroatoms. The Morgan fingerprint density at radius 1 is 1.05 bits per heavy atom. The maximum Gasteiger partial charge on any atom is 0.195 e. The first-order valence-electron chi connectivity index (χ1n) is 7.07. The smallest absolute Gasteiger partial charge is 0.195 e. The Morgan fingerprint density at radius 3 is 2.33 bits per heavy atom. The van der Waals surface area contributed by atoms with Gasteiger partial charge < -0.3 is 9.80 Å². The molecule has 0 atom stereocenters. The molecule has 0 unspecified atom stereocenters. The number of hydrogen-bond donors (Lipinski definition) is 0. The van der Waals surface area contributed by atoms with E-state index in [9.17, 15) is 0 Å². The Hall–Kier alpha value is -2.30. The summed E-state index contributed by atoms with van der Waals surface area (Å²) in [5.74, 6) is 0.970. The van der Waals surface area contributed by atoms with Gasteiger partial charge in [-0.3, -0.25) is 4.99 Å². The van der Waals surface area contributed by atoms with Crippen molar-refractivity contribution < 1.29 is 0 Å². The van der Waals surface area contributed by atoms with Gasteiger partial charge in [0.1, 0.15) is 0 Å². The number of guanidine groups is 1. The van der Waals surface area contributed by atoms with Crippen LogP contribution in [-0.2, 0) is 6.42 Å². The van der Waals surface area contributed by atoms with Crippen LogP contribution >= 0.6 is 0 Å². The molecule has 0 aliphatic carbocycles. The zero-order chi connectivity index (χ0) is 15.2. The average molecular weight is 285 g/mol. The second kappa shape index (κ2) is 6.92. The standard InChI is InChI=1S/C16H23N5/c1-19(2)16(20(3)4)17-12-10-14-11-13-21(18-14)15-8-6-5-7-9-15/h5-9,11,13H,10,12H2,1-4H3. The molecule has 0 saturated carbocycles. The zero-order valence-electron chi connectivity index (χ0n) is 13.2. The summed E-state index contributed by atoms with van der Waals surface area (Å²) in [6, 6.07) is 12.2. The molecule has 0 bridgehead atoms. The third-order valence-corrected chi connectivity index (χ3v) is 3.09. The monoisotopic (exact) mass is 285 g/mol. The number of para-hydroxylation sites is 1. The van der Waals surface area contributed by atoms with Gasteiger partial charge in [0.15, 0.2) is 5.96 Å². The Kier molecular flexibility index (Phi) is 4.98. The minimum Gasteiger partial charge on any atom is -0.349 e. The minimum absolute atomic E-state index is 0.734. The summed E-state index contributed by atoms with van der Waals surface area (Å²) in [4.78, 5) is 8.65. The van der Waals surface area contributed by atoms with Gasteiger partial charge in [0, 0.05) is 47.4 Å². The maximum atomic E-state index is 4.62. The van der Waals surface area contributed by atoms with E-state index < -0.39 is 0 Å². The van der Waals surface area contributed by atoms with Crippen LogP contribution in [0.2, 0.25) is 0 Å². The van der Waals surface area contributed by atoms with Crippen molar-refractivity contribution in [2.45, 2.75) is 6.42 Å². The second-order valence-electron chi connectivity index (χ2n) is 5.31. The summed E-state index contributed by atoms with van der Waals surface area (Å²) in [6.07, 6.45) is 2.83. The molecule has 0 aliphatic heterocycles. The van der Waals surface area contributed by atoms with Crippen molar-refractivity contribution in [3.05, 3.63) is 48.3 Å². The van der Waals surface area contributed by atoms with Crippen LogP contribution in [0.25, 0.3) is 5.69 Å². The predicted molar refractivity (Wildman–Crippen MR) is 86.9 cm³/mol. The lowest BCUT2D eigenvalue weighted by Crippen LogP contribution is -2.35. The molecule has 0 fully saturated rings. The zero-order valence-corrected chi connectivity index (χ0v) is 13.2. The van der Waals surface area contributed by atoms with Crippen LogP contribution in [0.15, 0.2) is 47.6 Å². The number of aliphatic imine (C=N–C) groups is 1. The number of benzene rings is 1. The first kappa shape index (κ1) is 15.1. The quantitative estimate of drug-likeness (QED) is 0.636. The molecular formula is C16H23N5. The van der Waals surface area contributed by atoms with Crippen molar-refractivity contribution in [1.82, 2.24) is 19.6 Å². The van der Waals surface area contributed by atoms with Crippen molar-refractivity contribution in [2.75, 3.05) is 34.7 Å². The van der Waals surface area contributed by atoms with Crippen molar-refractivity contribution in [3.63, 3.8) is 0 Å². The second-order valence-corrected chi connectivity index (χ2v) is 5.31. The van der Waals surface area contributed by atoms with Crippen LogP contribution in [0.4, 0.5) is 0 Å². The normalized spacial score (nSPS) is 10.3. The number of hydrogen-bond acceptors (Lipinski definition) is 2. The summed E-state index contributed by atoms with van der Waals surface area (Å²) >= 11 is 0. The number of rotatable bonds is 4. The molecule has 112 valence electrons. The van der Waals surface area contributed by atoms with Crippen LogP contribution in [-0.4, -0.2) is 60.3 Å². The van der Waals surface area contributed by atoms with Gasteiger partial charge in [-0.1, -0.05) is 18.2 Å². The first-order chi connectivity index (χ1) is 10.1. The lowest BCUT2D eigenvalue weighted by Gasteiger charge is -2.22. The fourth-order valence-electron chi connectivity index (χ4n) is 2.17. The van der Waals surface area contributed by atoms with Crippen LogP contribution < -0.4 is 0 Å². The van der Waals surface area contributed by atoms with Crippen molar-refractivity contribution in [1.29, 1.82) is 0 Å². The molecule has 0 amide bonds. The Balaban J connectivity index is 1.99. The molecule has 1 aromatic heterocycles. The molecule has 21 heavy (non-hydrogen) atoms. The molecular weight excluding hydrogens is 262 g/mol. The lowest BCUT2D eigenvalue weighted by molar-refractivity contribution is 0.479. The summed E-state index contributed by atoms with van der Waals surface area (Å²) in [6.45, 7) is 0.734. The molecule has 1 heterocycles. The van der Waals surface area contributed by atoms with E-state index in [1.54, 1.807) is 0 Å². The Labute approximate surface area is 126 Å². The molecule has 0 radical (unpaired) electrons. The van der Waals surface area contributed by atoms with E-state index >= 15 is 0 Å². The lowest BCUT2D eigenvalue weighted by atomic mass is 10.3. The fourth-order valence-corrected chi connectivity index (χ4v) is 2.17. The molecule has 5 nitrogen and oxygen atoms in total. The Morgan fingerprint density at radius 2 is 1.71 bits per heavy atom. The molecule has 0 N–H and O–H groups in total. The fraction of sp³-hybridized carbons (Fsp3) is 0.375. The van der Waals surface area contributed by atoms with Gasteiger partial charge in [0.25, 0.3) is 0 Å². The highest BCUT2D eigenvalue weighted by atomic mass is 15.3. The van der Waals surface area contributed by atoms with E-state index in [2.05, 4.69) is 10.1 Å². The minimum atomic E-state index is 0.734. The van der Waals surface area contributed by atoms with Crippen molar-refractivity contribution >= 4 is 5.96 Å². The molecule has 2 aromatic rings. The summed E-state index contributed by atoms with van der Waals surface area (Å²) in [7, 11) is 8.01. The van der Waals surface area contributed by atoms with E-state index in [0.717, 1.165) is 30.3 Å². The van der Waals surface area contributed by atoms with Crippen molar-refractivity contribution in [3.8, 4) is 5.69 Å². The molecule has 0 aliphatic rings. The molecule has 2 rings (SSSR count). The van der Waals surface area contributed by atoms with Crippen molar-refractivity contribution in [2.24, 2.45) is 4.99 Å². The van der Waals surface area contributed by atoms with Crippen LogP contribution in [0.1, 0.15) is 5.69 Å². The van der Waals surface area contributed by atoms with Gasteiger partial charge in [-0.2, -0.15) is 5.10 Å². The van der Waals surface area contributed by atoms with E-state index in [4.69, 9.17) is 0 Å². The first-order valence-corrected chi connectivity index (χ1v) is 7.07. The third-order valence-electron chi connectivity index (χ3n) is 3.09. The van der Waals surface area contributed by atoms with Crippen LogP contribution in [0.3, 0.4) is 0 Å². The van der Waals surface area contributed by atoms with Gasteiger partial charge in [-0.15, -0.1) is 0 Å². The van der Waals surface area contributed by atoms with Gasteiger partial charge in [0.2, 0.25) is 0 Å². The van der Waals surface area contributed by atoms with Gasteiger partial charge in [-0.25, -0.2) is 4.68 Å². The van der Waals surface area contributed by atoms with Crippen LogP contribution in [0.5, 0.6) is 0 Å².